The lowest BCUT2D eigenvalue weighted by Crippen LogP contribution is -2.15. The molecule has 0 saturated heterocycles. The van der Waals surface area contributed by atoms with Crippen LogP contribution in [0.2, 0.25) is 0 Å². The first-order valence-electron chi connectivity index (χ1n) is 4.65. The average Bonchev–Trinajstić information content (AvgIpc) is 2.71. The summed E-state index contributed by atoms with van der Waals surface area (Å²) in [5, 5.41) is 8.92. The third-order valence-electron chi connectivity index (χ3n) is 2.26. The Labute approximate surface area is 86.9 Å². The molecule has 1 aromatic heterocycles. The summed E-state index contributed by atoms with van der Waals surface area (Å²) in [5.41, 5.74) is 7.26. The van der Waals surface area contributed by atoms with Gasteiger partial charge in [0, 0.05) is 0 Å². The normalized spacial score (nSPS) is 13.0. The molecule has 5 heteroatoms. The lowest BCUT2D eigenvalue weighted by Gasteiger charge is -2.01. The fourth-order valence-electron chi connectivity index (χ4n) is 1.45. The van der Waals surface area contributed by atoms with Crippen molar-refractivity contribution in [3.63, 3.8) is 0 Å². The van der Waals surface area contributed by atoms with E-state index >= 15 is 0 Å². The molecule has 80 valence electrons. The van der Waals surface area contributed by atoms with Gasteiger partial charge in [-0.3, -0.25) is 0 Å². The van der Waals surface area contributed by atoms with Crippen LogP contribution in [-0.2, 0) is 0 Å². The summed E-state index contributed by atoms with van der Waals surface area (Å²) in [6.07, 6.45) is 0. The molecule has 2 rings (SSSR count). The first-order valence-corrected chi connectivity index (χ1v) is 4.65. The Morgan fingerprint density at radius 2 is 2.40 bits per heavy atom. The number of para-hydroxylation sites is 1. The molecular weight excluding hydrogens is 194 g/mol. The van der Waals surface area contributed by atoms with Gasteiger partial charge in [-0.2, -0.15) is 0 Å². The van der Waals surface area contributed by atoms with E-state index in [-0.39, 0.29) is 6.61 Å². The number of hydrogen-bond donors (Lipinski definition) is 3. The fourth-order valence-corrected chi connectivity index (χ4v) is 1.45. The first-order chi connectivity index (χ1) is 7.26. The van der Waals surface area contributed by atoms with Gasteiger partial charge in [0.05, 0.1) is 25.3 Å². The van der Waals surface area contributed by atoms with Crippen LogP contribution in [0.25, 0.3) is 11.0 Å². The van der Waals surface area contributed by atoms with E-state index in [1.54, 1.807) is 7.11 Å². The van der Waals surface area contributed by atoms with E-state index in [0.717, 1.165) is 11.0 Å². The largest absolute Gasteiger partial charge is 0.494 e. The van der Waals surface area contributed by atoms with Gasteiger partial charge in [0.2, 0.25) is 0 Å². The predicted molar refractivity (Wildman–Crippen MR) is 56.7 cm³/mol. The maximum atomic E-state index is 8.92. The van der Waals surface area contributed by atoms with E-state index in [4.69, 9.17) is 15.6 Å². The second-order valence-electron chi connectivity index (χ2n) is 3.27. The Morgan fingerprint density at radius 3 is 3.07 bits per heavy atom. The number of rotatable bonds is 3. The number of benzene rings is 1. The molecule has 5 nitrogen and oxygen atoms in total. The van der Waals surface area contributed by atoms with Crippen molar-refractivity contribution >= 4 is 11.0 Å². The molecule has 0 fully saturated rings. The molecule has 0 bridgehead atoms. The molecule has 0 radical (unpaired) electrons. The number of nitrogens with zero attached hydrogens (tertiary/aromatic N) is 1. The molecule has 0 spiro atoms. The lowest BCUT2D eigenvalue weighted by molar-refractivity contribution is 0.264. The van der Waals surface area contributed by atoms with Crippen molar-refractivity contribution in [2.24, 2.45) is 5.73 Å². The van der Waals surface area contributed by atoms with Crippen molar-refractivity contribution in [1.82, 2.24) is 9.97 Å². The summed E-state index contributed by atoms with van der Waals surface area (Å²) in [5.74, 6) is 1.26. The van der Waals surface area contributed by atoms with Crippen LogP contribution in [0, 0.1) is 0 Å². The number of hydrogen-bond acceptors (Lipinski definition) is 4. The Kier molecular flexibility index (Phi) is 2.57. The molecule has 1 heterocycles. The number of H-pyrrole nitrogens is 1. The molecule has 1 unspecified atom stereocenters. The zero-order valence-corrected chi connectivity index (χ0v) is 8.40. The molecule has 15 heavy (non-hydrogen) atoms. The average molecular weight is 207 g/mol. The van der Waals surface area contributed by atoms with E-state index in [2.05, 4.69) is 9.97 Å². The van der Waals surface area contributed by atoms with Crippen LogP contribution in [-0.4, -0.2) is 28.8 Å². The number of aromatic nitrogens is 2. The monoisotopic (exact) mass is 207 g/mol. The Morgan fingerprint density at radius 1 is 1.60 bits per heavy atom. The second-order valence-corrected chi connectivity index (χ2v) is 3.27. The maximum absolute atomic E-state index is 8.92. The van der Waals surface area contributed by atoms with Crippen molar-refractivity contribution in [2.75, 3.05) is 13.7 Å². The summed E-state index contributed by atoms with van der Waals surface area (Å²) in [7, 11) is 1.59. The lowest BCUT2D eigenvalue weighted by atomic mass is 10.3. The number of methoxy groups -OCH3 is 1. The number of nitrogens with two attached hydrogens (primary N) is 1. The van der Waals surface area contributed by atoms with Gasteiger partial charge in [-0.25, -0.2) is 4.98 Å². The molecule has 1 aromatic carbocycles. The smallest absolute Gasteiger partial charge is 0.146 e. The van der Waals surface area contributed by atoms with Gasteiger partial charge < -0.3 is 20.6 Å². The topological polar surface area (TPSA) is 84.2 Å². The molecule has 2 aromatic rings. The van der Waals surface area contributed by atoms with Gasteiger partial charge in [0.25, 0.3) is 0 Å². The fraction of sp³-hybridized carbons (Fsp3) is 0.300. The van der Waals surface area contributed by atoms with Crippen LogP contribution in [0.4, 0.5) is 0 Å². The van der Waals surface area contributed by atoms with Gasteiger partial charge in [-0.1, -0.05) is 6.07 Å². The number of imidazole rings is 1. The van der Waals surface area contributed by atoms with Crippen LogP contribution >= 0.6 is 0 Å². The molecule has 1 atom stereocenters. The molecule has 0 aliphatic carbocycles. The minimum Gasteiger partial charge on any atom is -0.494 e. The molecule has 0 aliphatic rings. The van der Waals surface area contributed by atoms with E-state index < -0.39 is 6.04 Å². The number of fused-ring (bicyclic) bond motifs is 1. The Balaban J connectivity index is 2.55. The quantitative estimate of drug-likeness (QED) is 0.686. The highest BCUT2D eigenvalue weighted by Gasteiger charge is 2.12. The van der Waals surface area contributed by atoms with Crippen molar-refractivity contribution < 1.29 is 9.84 Å². The van der Waals surface area contributed by atoms with Gasteiger partial charge in [0.15, 0.2) is 0 Å². The molecule has 0 saturated carbocycles. The van der Waals surface area contributed by atoms with Gasteiger partial charge in [-0.15, -0.1) is 0 Å². The van der Waals surface area contributed by atoms with Crippen LogP contribution in [0.3, 0.4) is 0 Å². The highest BCUT2D eigenvalue weighted by atomic mass is 16.5. The number of ether oxygens (including phenoxy) is 1. The predicted octanol–water partition coefficient (Wildman–Crippen LogP) is 0.564. The third-order valence-corrected chi connectivity index (χ3v) is 2.26. The number of nitrogens with one attached hydrogen (secondary N) is 1. The second kappa shape index (κ2) is 3.88. The highest BCUT2D eigenvalue weighted by molar-refractivity contribution is 5.81. The van der Waals surface area contributed by atoms with Crippen molar-refractivity contribution in [3.8, 4) is 5.75 Å². The third kappa shape index (κ3) is 1.67. The molecular formula is C10H13N3O2. The van der Waals surface area contributed by atoms with Crippen molar-refractivity contribution in [1.29, 1.82) is 0 Å². The molecule has 4 N–H and O–H groups in total. The van der Waals surface area contributed by atoms with Crippen molar-refractivity contribution in [2.45, 2.75) is 6.04 Å². The number of aliphatic hydroxyl groups is 1. The van der Waals surface area contributed by atoms with E-state index in [1.165, 1.54) is 0 Å². The number of aliphatic hydroxyl groups excluding tert-OH is 1. The maximum Gasteiger partial charge on any atom is 0.146 e. The number of aromatic amines is 1. The molecule has 0 amide bonds. The van der Waals surface area contributed by atoms with Gasteiger partial charge >= 0.3 is 0 Å². The van der Waals surface area contributed by atoms with Gasteiger partial charge in [-0.05, 0) is 12.1 Å². The van der Waals surface area contributed by atoms with E-state index in [9.17, 15) is 0 Å². The highest BCUT2D eigenvalue weighted by Crippen LogP contribution is 2.24. The first kappa shape index (κ1) is 9.95. The van der Waals surface area contributed by atoms with Crippen LogP contribution < -0.4 is 10.5 Å². The molecule has 0 aliphatic heterocycles. The Bertz CT molecular complexity index is 467. The standard InChI is InChI=1S/C10H13N3O2/c1-15-8-4-2-3-7-9(8)13-10(12-7)6(11)5-14/h2-4,6,14H,5,11H2,1H3,(H,12,13). The summed E-state index contributed by atoms with van der Waals surface area (Å²) in [6.45, 7) is -0.137. The van der Waals surface area contributed by atoms with E-state index in [0.29, 0.717) is 11.6 Å². The van der Waals surface area contributed by atoms with Crippen molar-refractivity contribution in [3.05, 3.63) is 24.0 Å². The minimum atomic E-state index is -0.484. The summed E-state index contributed by atoms with van der Waals surface area (Å²) in [4.78, 5) is 7.33. The SMILES string of the molecule is COc1cccc2[nH]c(C(N)CO)nc12. The summed E-state index contributed by atoms with van der Waals surface area (Å²) >= 11 is 0. The van der Waals surface area contributed by atoms with Crippen LogP contribution in [0.15, 0.2) is 18.2 Å². The van der Waals surface area contributed by atoms with Crippen LogP contribution in [0.1, 0.15) is 11.9 Å². The van der Waals surface area contributed by atoms with E-state index in [1.807, 2.05) is 18.2 Å². The minimum absolute atomic E-state index is 0.137. The van der Waals surface area contributed by atoms with Crippen LogP contribution in [0.5, 0.6) is 5.75 Å². The summed E-state index contributed by atoms with van der Waals surface area (Å²) in [6, 6.07) is 5.10. The zero-order chi connectivity index (χ0) is 10.8. The van der Waals surface area contributed by atoms with Gasteiger partial charge in [0.1, 0.15) is 17.1 Å². The Hall–Kier alpha value is -1.59. The summed E-state index contributed by atoms with van der Waals surface area (Å²) < 4.78 is 5.17. The zero-order valence-electron chi connectivity index (χ0n) is 8.40.